The van der Waals surface area contributed by atoms with E-state index in [9.17, 15) is 13.2 Å². The summed E-state index contributed by atoms with van der Waals surface area (Å²) in [5, 5.41) is 4.46. The molecule has 1 fully saturated rings. The van der Waals surface area contributed by atoms with Crippen LogP contribution in [0.3, 0.4) is 0 Å². The van der Waals surface area contributed by atoms with Crippen molar-refractivity contribution in [3.63, 3.8) is 0 Å². The van der Waals surface area contributed by atoms with Gasteiger partial charge in [0.25, 0.3) is 0 Å². The molecule has 0 aromatic heterocycles. The molecule has 0 aliphatic carbocycles. The Morgan fingerprint density at radius 2 is 1.62 bits per heavy atom. The maximum Gasteiger partial charge on any atom is 0.239 e. The number of rotatable bonds is 5. The summed E-state index contributed by atoms with van der Waals surface area (Å²) in [6.07, 6.45) is 0. The number of anilines is 2. The highest BCUT2D eigenvalue weighted by Crippen LogP contribution is 2.21. The van der Waals surface area contributed by atoms with E-state index in [2.05, 4.69) is 10.2 Å². The third-order valence-corrected chi connectivity index (χ3v) is 6.54. The number of fused-ring (bicyclic) bond motifs is 1. The van der Waals surface area contributed by atoms with Crippen LogP contribution in [0.15, 0.2) is 71.6 Å². The lowest BCUT2D eigenvalue weighted by atomic mass is 10.1. The van der Waals surface area contributed by atoms with Gasteiger partial charge in [-0.05, 0) is 47.2 Å². The van der Waals surface area contributed by atoms with Gasteiger partial charge in [0.1, 0.15) is 5.75 Å². The summed E-state index contributed by atoms with van der Waals surface area (Å²) >= 11 is 0. The Morgan fingerprint density at radius 3 is 2.34 bits per heavy atom. The summed E-state index contributed by atoms with van der Waals surface area (Å²) in [5.41, 5.74) is 1.62. The number of amides is 1. The van der Waals surface area contributed by atoms with Crippen LogP contribution in [0.2, 0.25) is 0 Å². The topological polar surface area (TPSA) is 75.7 Å². The molecule has 0 spiro atoms. The fraction of sp³-hybridized carbons (Fsp3) is 0.227. The number of nitrogens with one attached hydrogen (secondary N) is 1. The first-order valence-electron chi connectivity index (χ1n) is 9.45. The maximum absolute atomic E-state index is 12.7. The molecule has 1 aliphatic heterocycles. The summed E-state index contributed by atoms with van der Waals surface area (Å²) < 4.78 is 30.7. The smallest absolute Gasteiger partial charge is 0.239 e. The highest BCUT2D eigenvalue weighted by Gasteiger charge is 2.20. The number of benzene rings is 3. The van der Waals surface area contributed by atoms with Gasteiger partial charge in [0.15, 0.2) is 9.84 Å². The third kappa shape index (κ3) is 4.58. The molecule has 4 rings (SSSR count). The number of sulfone groups is 1. The van der Waals surface area contributed by atoms with Crippen LogP contribution < -0.4 is 10.2 Å². The first kappa shape index (κ1) is 19.4. The lowest BCUT2D eigenvalue weighted by molar-refractivity contribution is -0.113. The molecule has 0 bridgehead atoms. The molecule has 1 amide bonds. The van der Waals surface area contributed by atoms with Crippen LogP contribution in [0.1, 0.15) is 0 Å². The average molecular weight is 410 g/mol. The zero-order valence-corrected chi connectivity index (χ0v) is 16.7. The third-order valence-electron chi connectivity index (χ3n) is 4.93. The van der Waals surface area contributed by atoms with Crippen molar-refractivity contribution in [2.45, 2.75) is 4.90 Å². The van der Waals surface area contributed by atoms with Crippen molar-refractivity contribution in [3.8, 4) is 0 Å². The fourth-order valence-electron chi connectivity index (χ4n) is 3.39. The Morgan fingerprint density at radius 1 is 0.931 bits per heavy atom. The molecule has 1 heterocycles. The minimum absolute atomic E-state index is 0.147. The molecule has 7 heteroatoms. The number of morpholine rings is 1. The summed E-state index contributed by atoms with van der Waals surface area (Å²) in [5.74, 6) is -1.16. The lowest BCUT2D eigenvalue weighted by Crippen LogP contribution is -2.36. The van der Waals surface area contributed by atoms with Gasteiger partial charge in [-0.15, -0.1) is 0 Å². The molecule has 0 unspecified atom stereocenters. The Kier molecular flexibility index (Phi) is 5.51. The fourth-order valence-corrected chi connectivity index (χ4v) is 4.56. The molecule has 0 saturated carbocycles. The second-order valence-electron chi connectivity index (χ2n) is 6.96. The summed E-state index contributed by atoms with van der Waals surface area (Å²) in [6, 6.07) is 19.8. The van der Waals surface area contributed by atoms with E-state index in [1.165, 1.54) is 0 Å². The molecule has 6 nitrogen and oxygen atoms in total. The Hall–Kier alpha value is -2.90. The second kappa shape index (κ2) is 8.23. The first-order chi connectivity index (χ1) is 14.0. The van der Waals surface area contributed by atoms with Gasteiger partial charge in [-0.2, -0.15) is 0 Å². The number of hydrogen-bond donors (Lipinski definition) is 1. The van der Waals surface area contributed by atoms with E-state index in [1.807, 2.05) is 36.4 Å². The number of ether oxygens (including phenoxy) is 1. The summed E-state index contributed by atoms with van der Waals surface area (Å²) in [7, 11) is -3.73. The zero-order chi connectivity index (χ0) is 20.3. The second-order valence-corrected chi connectivity index (χ2v) is 8.95. The molecule has 1 N–H and O–H groups in total. The maximum atomic E-state index is 12.7. The van der Waals surface area contributed by atoms with Crippen LogP contribution in [0.5, 0.6) is 0 Å². The van der Waals surface area contributed by atoms with Gasteiger partial charge < -0.3 is 15.0 Å². The van der Waals surface area contributed by atoms with Crippen molar-refractivity contribution in [3.05, 3.63) is 66.7 Å². The van der Waals surface area contributed by atoms with Gasteiger partial charge >= 0.3 is 0 Å². The van der Waals surface area contributed by atoms with E-state index in [0.717, 1.165) is 29.5 Å². The van der Waals surface area contributed by atoms with Gasteiger partial charge in [0, 0.05) is 24.5 Å². The molecule has 29 heavy (non-hydrogen) atoms. The monoisotopic (exact) mass is 410 g/mol. The molecule has 3 aromatic carbocycles. The van der Waals surface area contributed by atoms with Crippen molar-refractivity contribution >= 4 is 37.9 Å². The minimum Gasteiger partial charge on any atom is -0.378 e. The van der Waals surface area contributed by atoms with Crippen LogP contribution in [-0.2, 0) is 19.4 Å². The number of carbonyl (C=O) groups is 1. The van der Waals surface area contributed by atoms with Gasteiger partial charge in [0.05, 0.1) is 18.1 Å². The lowest BCUT2D eigenvalue weighted by Gasteiger charge is -2.28. The molecule has 0 atom stereocenters. The van der Waals surface area contributed by atoms with Crippen molar-refractivity contribution in [1.29, 1.82) is 0 Å². The number of carbonyl (C=O) groups excluding carboxylic acids is 1. The van der Waals surface area contributed by atoms with Gasteiger partial charge in [-0.1, -0.05) is 30.3 Å². The molecule has 1 saturated heterocycles. The Labute approximate surface area is 170 Å². The largest absolute Gasteiger partial charge is 0.378 e. The highest BCUT2D eigenvalue weighted by atomic mass is 32.2. The molecular formula is C22H22N2O4S. The van der Waals surface area contributed by atoms with Crippen LogP contribution in [-0.4, -0.2) is 46.4 Å². The molecule has 0 radical (unpaired) electrons. The van der Waals surface area contributed by atoms with Crippen molar-refractivity contribution in [2.75, 3.05) is 42.3 Å². The normalized spacial score (nSPS) is 14.7. The zero-order valence-electron chi connectivity index (χ0n) is 15.9. The van der Waals surface area contributed by atoms with E-state index in [4.69, 9.17) is 4.74 Å². The van der Waals surface area contributed by atoms with E-state index in [-0.39, 0.29) is 4.90 Å². The van der Waals surface area contributed by atoms with E-state index in [1.54, 1.807) is 30.3 Å². The highest BCUT2D eigenvalue weighted by molar-refractivity contribution is 7.92. The van der Waals surface area contributed by atoms with Gasteiger partial charge in [-0.25, -0.2) is 8.42 Å². The standard InChI is InChI=1S/C22H22N2O4S/c25-22(23-19-6-8-20(9-7-19)24-11-13-28-14-12-24)16-29(26,27)21-10-5-17-3-1-2-4-18(17)15-21/h1-10,15H,11-14,16H2,(H,23,25). The Bertz CT molecular complexity index is 1120. The van der Waals surface area contributed by atoms with Crippen molar-refractivity contribution < 1.29 is 17.9 Å². The van der Waals surface area contributed by atoms with Crippen LogP contribution in [0.25, 0.3) is 10.8 Å². The summed E-state index contributed by atoms with van der Waals surface area (Å²) in [4.78, 5) is 14.7. The first-order valence-corrected chi connectivity index (χ1v) is 11.1. The van der Waals surface area contributed by atoms with Gasteiger partial charge in [0.2, 0.25) is 5.91 Å². The number of nitrogens with zero attached hydrogens (tertiary/aromatic N) is 1. The van der Waals surface area contributed by atoms with Crippen LogP contribution >= 0.6 is 0 Å². The molecular weight excluding hydrogens is 388 g/mol. The van der Waals surface area contributed by atoms with Crippen molar-refractivity contribution in [2.24, 2.45) is 0 Å². The molecule has 1 aliphatic rings. The molecule has 3 aromatic rings. The number of hydrogen-bond acceptors (Lipinski definition) is 5. The SMILES string of the molecule is O=C(CS(=O)(=O)c1ccc2ccccc2c1)Nc1ccc(N2CCOCC2)cc1. The van der Waals surface area contributed by atoms with E-state index in [0.29, 0.717) is 18.9 Å². The summed E-state index contributed by atoms with van der Waals surface area (Å²) in [6.45, 7) is 3.06. The quantitative estimate of drug-likeness (QED) is 0.700. The van der Waals surface area contributed by atoms with E-state index >= 15 is 0 Å². The predicted molar refractivity (Wildman–Crippen MR) is 114 cm³/mol. The average Bonchev–Trinajstić information content (AvgIpc) is 2.74. The van der Waals surface area contributed by atoms with Crippen molar-refractivity contribution in [1.82, 2.24) is 0 Å². The minimum atomic E-state index is -3.73. The van der Waals surface area contributed by atoms with Crippen LogP contribution in [0, 0.1) is 0 Å². The van der Waals surface area contributed by atoms with E-state index < -0.39 is 21.5 Å². The van der Waals surface area contributed by atoms with Crippen LogP contribution in [0.4, 0.5) is 11.4 Å². The molecule has 150 valence electrons. The Balaban J connectivity index is 1.42. The predicted octanol–water partition coefficient (Wildman–Crippen LogP) is 3.09. The van der Waals surface area contributed by atoms with Gasteiger partial charge in [-0.3, -0.25) is 4.79 Å².